The molecule has 1 aromatic carbocycles. The molecule has 1 fully saturated rings. The predicted molar refractivity (Wildman–Crippen MR) is 122 cm³/mol. The lowest BCUT2D eigenvalue weighted by molar-refractivity contribution is -0.158. The van der Waals surface area contributed by atoms with Crippen LogP contribution in [0.5, 0.6) is 11.5 Å². The molecule has 0 unspecified atom stereocenters. The number of hydrogen-bond donors (Lipinski definition) is 1. The molecule has 0 spiro atoms. The second kappa shape index (κ2) is 10.6. The summed E-state index contributed by atoms with van der Waals surface area (Å²) in [5.41, 5.74) is 0.342. The Labute approximate surface area is 194 Å². The molecule has 1 aliphatic carbocycles. The van der Waals surface area contributed by atoms with Crippen LogP contribution in [0.2, 0.25) is 0 Å². The van der Waals surface area contributed by atoms with Gasteiger partial charge in [-0.25, -0.2) is 0 Å². The van der Waals surface area contributed by atoms with Crippen LogP contribution >= 0.6 is 0 Å². The van der Waals surface area contributed by atoms with Gasteiger partial charge in [0.05, 0.1) is 26.7 Å². The van der Waals surface area contributed by atoms with Crippen LogP contribution < -0.4 is 14.8 Å². The van der Waals surface area contributed by atoms with Crippen LogP contribution in [0.25, 0.3) is 0 Å². The summed E-state index contributed by atoms with van der Waals surface area (Å²) in [6.07, 6.45) is 5.46. The summed E-state index contributed by atoms with van der Waals surface area (Å²) in [6.45, 7) is 6.23. The van der Waals surface area contributed by atoms with Crippen LogP contribution in [0.4, 0.5) is 0 Å². The van der Waals surface area contributed by atoms with Gasteiger partial charge in [-0.1, -0.05) is 18.2 Å². The van der Waals surface area contributed by atoms with Crippen LogP contribution in [0.15, 0.2) is 42.6 Å². The van der Waals surface area contributed by atoms with Crippen LogP contribution in [-0.4, -0.2) is 50.1 Å². The van der Waals surface area contributed by atoms with E-state index < -0.39 is 17.3 Å². The Hall–Kier alpha value is -3.29. The lowest BCUT2D eigenvalue weighted by Gasteiger charge is -2.35. The zero-order valence-corrected chi connectivity index (χ0v) is 19.5. The molecule has 8 heteroatoms. The van der Waals surface area contributed by atoms with Crippen molar-refractivity contribution in [2.24, 2.45) is 11.3 Å². The van der Waals surface area contributed by atoms with Crippen molar-refractivity contribution in [3.63, 3.8) is 0 Å². The Bertz CT molecular complexity index is 956. The largest absolute Gasteiger partial charge is 0.493 e. The summed E-state index contributed by atoms with van der Waals surface area (Å²) in [5.74, 6) is -0.635. The normalized spacial score (nSPS) is 21.7. The molecule has 1 heterocycles. The first-order valence-corrected chi connectivity index (χ1v) is 11.2. The van der Waals surface area contributed by atoms with E-state index in [1.165, 1.54) is 0 Å². The van der Waals surface area contributed by atoms with E-state index in [1.54, 1.807) is 44.3 Å². The topological polar surface area (TPSA) is 94.2 Å². The van der Waals surface area contributed by atoms with Gasteiger partial charge in [0.1, 0.15) is 5.41 Å². The molecular weight excluding hydrogens is 424 g/mol. The number of benzene rings is 1. The van der Waals surface area contributed by atoms with Gasteiger partial charge in [0.25, 0.3) is 0 Å². The maximum Gasteiger partial charge on any atom is 0.318 e. The summed E-state index contributed by atoms with van der Waals surface area (Å²) in [6, 6.07) is 5.38. The third-order valence-electron chi connectivity index (χ3n) is 6.30. The monoisotopic (exact) mass is 456 g/mol. The fraction of sp³-hybridized carbons (Fsp3) is 0.480. The molecule has 2 atom stereocenters. The zero-order chi connectivity index (χ0) is 24.0. The van der Waals surface area contributed by atoms with Crippen molar-refractivity contribution in [2.45, 2.75) is 39.2 Å². The molecule has 2 aliphatic rings. The number of esters is 1. The Kier molecular flexibility index (Phi) is 7.79. The highest BCUT2D eigenvalue weighted by Gasteiger charge is 2.61. The molecule has 0 radical (unpaired) electrons. The fourth-order valence-corrected chi connectivity index (χ4v) is 4.79. The fourth-order valence-electron chi connectivity index (χ4n) is 4.79. The van der Waals surface area contributed by atoms with E-state index in [0.29, 0.717) is 23.6 Å². The smallest absolute Gasteiger partial charge is 0.318 e. The number of carbonyl (C=O) groups is 3. The second-order valence-electron chi connectivity index (χ2n) is 8.13. The summed E-state index contributed by atoms with van der Waals surface area (Å²) in [7, 11) is 3.10. The number of ether oxygens (including phenoxy) is 3. The molecule has 8 nitrogen and oxygen atoms in total. The average Bonchev–Trinajstić information content (AvgIpc) is 3.06. The number of nitrogens with zero attached hydrogens (tertiary/aromatic N) is 1. The number of allylic oxidation sites excluding steroid dienone is 1. The molecule has 2 amide bonds. The number of nitrogens with one attached hydrogen (secondary N) is 1. The molecule has 1 saturated heterocycles. The molecule has 1 aliphatic heterocycles. The Morgan fingerprint density at radius 2 is 2.03 bits per heavy atom. The van der Waals surface area contributed by atoms with Gasteiger partial charge in [-0.05, 0) is 43.9 Å². The van der Waals surface area contributed by atoms with Gasteiger partial charge in [0.15, 0.2) is 11.5 Å². The number of fused-ring (bicyclic) bond motifs is 1. The minimum atomic E-state index is -1.13. The van der Waals surface area contributed by atoms with Gasteiger partial charge in [0, 0.05) is 25.2 Å². The number of rotatable bonds is 10. The van der Waals surface area contributed by atoms with Crippen molar-refractivity contribution in [1.29, 1.82) is 0 Å². The lowest BCUT2D eigenvalue weighted by Crippen LogP contribution is -2.43. The number of carbonyl (C=O) groups excluding carboxylic acids is 3. The highest BCUT2D eigenvalue weighted by atomic mass is 16.5. The molecule has 3 rings (SSSR count). The molecule has 178 valence electrons. The number of methoxy groups -OCH3 is 2. The standard InChI is InChI=1S/C25H32N2O6/c1-5-13-27-21-9-7-8-12-25(21,24(30)33-6-2)18(23(27)29)15-22(28)26-16-17-10-11-19(31-3)20(14-17)32-4/h5,9-11,14,18H,1,6-8,12-13,15-16H2,2-4H3,(H,26,28)/t18-,25-/m0/s1. The first-order chi connectivity index (χ1) is 15.9. The van der Waals surface area contributed by atoms with Gasteiger partial charge in [-0.3, -0.25) is 14.4 Å². The van der Waals surface area contributed by atoms with E-state index >= 15 is 0 Å². The van der Waals surface area contributed by atoms with E-state index in [4.69, 9.17) is 14.2 Å². The molecule has 1 N–H and O–H groups in total. The van der Waals surface area contributed by atoms with E-state index in [0.717, 1.165) is 18.4 Å². The Balaban J connectivity index is 1.81. The van der Waals surface area contributed by atoms with Crippen LogP contribution in [0.1, 0.15) is 38.2 Å². The van der Waals surface area contributed by atoms with Crippen molar-refractivity contribution >= 4 is 17.8 Å². The van der Waals surface area contributed by atoms with E-state index in [9.17, 15) is 14.4 Å². The number of hydrogen-bond acceptors (Lipinski definition) is 6. The van der Waals surface area contributed by atoms with Crippen molar-refractivity contribution in [1.82, 2.24) is 10.2 Å². The molecule has 0 saturated carbocycles. The van der Waals surface area contributed by atoms with Gasteiger partial charge in [0.2, 0.25) is 11.8 Å². The van der Waals surface area contributed by atoms with Crippen LogP contribution in [0.3, 0.4) is 0 Å². The quantitative estimate of drug-likeness (QED) is 0.430. The molecule has 1 aromatic rings. The third-order valence-corrected chi connectivity index (χ3v) is 6.30. The van der Waals surface area contributed by atoms with Gasteiger partial charge < -0.3 is 24.4 Å². The van der Waals surface area contributed by atoms with Gasteiger partial charge in [-0.2, -0.15) is 0 Å². The van der Waals surface area contributed by atoms with E-state index in [2.05, 4.69) is 11.9 Å². The van der Waals surface area contributed by atoms with Crippen molar-refractivity contribution < 1.29 is 28.6 Å². The summed E-state index contributed by atoms with van der Waals surface area (Å²) in [4.78, 5) is 41.0. The second-order valence-corrected chi connectivity index (χ2v) is 8.13. The molecule has 33 heavy (non-hydrogen) atoms. The summed E-state index contributed by atoms with van der Waals surface area (Å²) in [5, 5.41) is 2.87. The minimum Gasteiger partial charge on any atom is -0.493 e. The number of amides is 2. The maximum absolute atomic E-state index is 13.4. The Morgan fingerprint density at radius 1 is 1.27 bits per heavy atom. The van der Waals surface area contributed by atoms with Crippen molar-refractivity contribution in [3.8, 4) is 11.5 Å². The first kappa shape index (κ1) is 24.4. The highest BCUT2D eigenvalue weighted by molar-refractivity contribution is 5.99. The van der Waals surface area contributed by atoms with Crippen molar-refractivity contribution in [3.05, 3.63) is 48.2 Å². The summed E-state index contributed by atoms with van der Waals surface area (Å²) >= 11 is 0. The third kappa shape index (κ3) is 4.60. The van der Waals surface area contributed by atoms with Crippen LogP contribution in [0, 0.1) is 11.3 Å². The molecule has 0 aromatic heterocycles. The zero-order valence-electron chi connectivity index (χ0n) is 19.5. The summed E-state index contributed by atoms with van der Waals surface area (Å²) < 4.78 is 16.0. The van der Waals surface area contributed by atoms with E-state index in [-0.39, 0.29) is 37.9 Å². The lowest BCUT2D eigenvalue weighted by atomic mass is 9.68. The van der Waals surface area contributed by atoms with Gasteiger partial charge in [-0.15, -0.1) is 6.58 Å². The SMILES string of the molecule is C=CCN1C(=O)[C@H](CC(=O)NCc2ccc(OC)c(OC)c2)[C@@]2(C(=O)OCC)CCCC=C12. The van der Waals surface area contributed by atoms with Gasteiger partial charge >= 0.3 is 5.97 Å². The average molecular weight is 457 g/mol. The first-order valence-electron chi connectivity index (χ1n) is 11.2. The predicted octanol–water partition coefficient (Wildman–Crippen LogP) is 2.97. The number of likely N-dealkylation sites (tertiary alicyclic amines) is 1. The highest BCUT2D eigenvalue weighted by Crippen LogP contribution is 2.53. The Morgan fingerprint density at radius 3 is 2.70 bits per heavy atom. The van der Waals surface area contributed by atoms with E-state index in [1.807, 2.05) is 12.1 Å². The molecule has 0 bridgehead atoms. The van der Waals surface area contributed by atoms with Crippen molar-refractivity contribution in [2.75, 3.05) is 27.4 Å². The molecular formula is C25H32N2O6. The minimum absolute atomic E-state index is 0.101. The maximum atomic E-state index is 13.4. The van der Waals surface area contributed by atoms with Crippen LogP contribution in [-0.2, 0) is 25.7 Å².